The van der Waals surface area contributed by atoms with E-state index in [0.29, 0.717) is 20.8 Å². The topological polar surface area (TPSA) is 38.3 Å². The van der Waals surface area contributed by atoms with Gasteiger partial charge in [0.15, 0.2) is 0 Å². The van der Waals surface area contributed by atoms with Gasteiger partial charge in [-0.15, -0.1) is 0 Å². The molecular weight excluding hydrogens is 321 g/mol. The zero-order valence-corrected chi connectivity index (χ0v) is 12.7. The second-order valence-corrected chi connectivity index (χ2v) is 5.31. The largest absolute Gasteiger partial charge is 0.417 e. The Morgan fingerprint density at radius 1 is 1.10 bits per heavy atom. The van der Waals surface area contributed by atoms with Crippen LogP contribution in [0.25, 0.3) is 0 Å². The molecule has 20 heavy (non-hydrogen) atoms. The average Bonchev–Trinajstić information content (AvgIpc) is 2.33. The van der Waals surface area contributed by atoms with E-state index in [0.717, 1.165) is 5.56 Å². The molecule has 2 aromatic carbocycles. The summed E-state index contributed by atoms with van der Waals surface area (Å²) in [5, 5.41) is 3.95. The summed E-state index contributed by atoms with van der Waals surface area (Å²) < 4.78 is 5.11. The van der Waals surface area contributed by atoms with E-state index >= 15 is 0 Å². The van der Waals surface area contributed by atoms with E-state index < -0.39 is 6.09 Å². The standard InChI is InChI=1S/C14H10Cl3NO2/c1-8-12(17)3-2-4-13(8)18-14(19)20-11-6-9(15)5-10(16)7-11/h2-7H,1H3,(H,18,19). The van der Waals surface area contributed by atoms with Gasteiger partial charge in [-0.2, -0.15) is 0 Å². The Balaban J connectivity index is 2.11. The van der Waals surface area contributed by atoms with Crippen LogP contribution in [0.5, 0.6) is 5.75 Å². The number of benzene rings is 2. The van der Waals surface area contributed by atoms with Crippen molar-refractivity contribution in [3.05, 3.63) is 57.0 Å². The fourth-order valence-corrected chi connectivity index (χ4v) is 2.25. The lowest BCUT2D eigenvalue weighted by Crippen LogP contribution is -2.17. The highest BCUT2D eigenvalue weighted by molar-refractivity contribution is 6.34. The monoisotopic (exact) mass is 329 g/mol. The molecule has 0 heterocycles. The number of hydrogen-bond donors (Lipinski definition) is 1. The molecule has 0 fully saturated rings. The molecular formula is C14H10Cl3NO2. The predicted octanol–water partition coefficient (Wildman–Crippen LogP) is 5.57. The number of halogens is 3. The molecule has 0 bridgehead atoms. The lowest BCUT2D eigenvalue weighted by molar-refractivity contribution is 0.215. The molecule has 0 aliphatic carbocycles. The van der Waals surface area contributed by atoms with Gasteiger partial charge in [-0.25, -0.2) is 4.79 Å². The summed E-state index contributed by atoms with van der Waals surface area (Å²) in [6, 6.07) is 9.75. The quantitative estimate of drug-likeness (QED) is 0.782. The summed E-state index contributed by atoms with van der Waals surface area (Å²) in [6.07, 6.45) is -0.645. The Morgan fingerprint density at radius 2 is 1.75 bits per heavy atom. The molecule has 3 nitrogen and oxygen atoms in total. The average molecular weight is 331 g/mol. The summed E-state index contributed by atoms with van der Waals surface area (Å²) in [4.78, 5) is 11.8. The number of carbonyl (C=O) groups excluding carboxylic acids is 1. The van der Waals surface area contributed by atoms with E-state index in [2.05, 4.69) is 5.32 Å². The van der Waals surface area contributed by atoms with Crippen LogP contribution in [0, 0.1) is 6.92 Å². The van der Waals surface area contributed by atoms with Crippen molar-refractivity contribution in [2.75, 3.05) is 5.32 Å². The van der Waals surface area contributed by atoms with Gasteiger partial charge in [-0.05, 0) is 42.8 Å². The van der Waals surface area contributed by atoms with Crippen molar-refractivity contribution in [3.8, 4) is 5.75 Å². The van der Waals surface area contributed by atoms with Crippen LogP contribution < -0.4 is 10.1 Å². The number of hydrogen-bond acceptors (Lipinski definition) is 2. The second-order valence-electron chi connectivity index (χ2n) is 4.03. The van der Waals surface area contributed by atoms with Crippen LogP contribution in [0.15, 0.2) is 36.4 Å². The van der Waals surface area contributed by atoms with Gasteiger partial charge >= 0.3 is 6.09 Å². The first-order valence-corrected chi connectivity index (χ1v) is 6.79. The molecule has 0 atom stereocenters. The molecule has 104 valence electrons. The molecule has 0 unspecified atom stereocenters. The number of rotatable bonds is 2. The molecule has 0 spiro atoms. The molecule has 1 N–H and O–H groups in total. The molecule has 2 aromatic rings. The van der Waals surface area contributed by atoms with Crippen LogP contribution in [0.4, 0.5) is 10.5 Å². The van der Waals surface area contributed by atoms with E-state index in [4.69, 9.17) is 39.5 Å². The minimum atomic E-state index is -0.645. The Morgan fingerprint density at radius 3 is 2.40 bits per heavy atom. The Kier molecular flexibility index (Phi) is 4.76. The summed E-state index contributed by atoms with van der Waals surface area (Å²) in [7, 11) is 0. The first kappa shape index (κ1) is 15.0. The molecule has 6 heteroatoms. The van der Waals surface area contributed by atoms with Crippen LogP contribution >= 0.6 is 34.8 Å². The van der Waals surface area contributed by atoms with Crippen molar-refractivity contribution in [2.45, 2.75) is 6.92 Å². The predicted molar refractivity (Wildman–Crippen MR) is 82.3 cm³/mol. The van der Waals surface area contributed by atoms with Crippen molar-refractivity contribution >= 4 is 46.6 Å². The molecule has 0 aliphatic rings. The molecule has 1 amide bonds. The minimum Gasteiger partial charge on any atom is -0.410 e. The minimum absolute atomic E-state index is 0.264. The molecule has 0 aliphatic heterocycles. The van der Waals surface area contributed by atoms with Crippen molar-refractivity contribution in [1.82, 2.24) is 0 Å². The summed E-state index contributed by atoms with van der Waals surface area (Å²) >= 11 is 17.6. The van der Waals surface area contributed by atoms with Gasteiger partial charge in [0, 0.05) is 20.8 Å². The fraction of sp³-hybridized carbons (Fsp3) is 0.0714. The lowest BCUT2D eigenvalue weighted by atomic mass is 10.2. The first-order chi connectivity index (χ1) is 9.45. The van der Waals surface area contributed by atoms with Gasteiger partial charge in [0.2, 0.25) is 0 Å². The number of anilines is 1. The summed E-state index contributed by atoms with van der Waals surface area (Å²) in [5.41, 5.74) is 1.34. The van der Waals surface area contributed by atoms with Crippen LogP contribution in [0.1, 0.15) is 5.56 Å². The summed E-state index contributed by atoms with van der Waals surface area (Å²) in [6.45, 7) is 1.80. The van der Waals surface area contributed by atoms with Gasteiger partial charge in [-0.1, -0.05) is 40.9 Å². The highest BCUT2D eigenvalue weighted by atomic mass is 35.5. The number of amides is 1. The fourth-order valence-electron chi connectivity index (χ4n) is 1.57. The third-order valence-corrected chi connectivity index (χ3v) is 3.40. The van der Waals surface area contributed by atoms with Crippen molar-refractivity contribution in [3.63, 3.8) is 0 Å². The summed E-state index contributed by atoms with van der Waals surface area (Å²) in [5.74, 6) is 0.264. The van der Waals surface area contributed by atoms with Crippen LogP contribution in [-0.4, -0.2) is 6.09 Å². The molecule has 0 aromatic heterocycles. The van der Waals surface area contributed by atoms with Crippen LogP contribution in [0.3, 0.4) is 0 Å². The molecule has 2 rings (SSSR count). The van der Waals surface area contributed by atoms with Gasteiger partial charge in [-0.3, -0.25) is 5.32 Å². The number of carbonyl (C=O) groups is 1. The van der Waals surface area contributed by atoms with Crippen LogP contribution in [-0.2, 0) is 0 Å². The molecule has 0 radical (unpaired) electrons. The van der Waals surface area contributed by atoms with Crippen molar-refractivity contribution < 1.29 is 9.53 Å². The maximum atomic E-state index is 11.8. The van der Waals surface area contributed by atoms with Crippen molar-refractivity contribution in [2.24, 2.45) is 0 Å². The maximum Gasteiger partial charge on any atom is 0.417 e. The number of ether oxygens (including phenoxy) is 1. The smallest absolute Gasteiger partial charge is 0.410 e. The van der Waals surface area contributed by atoms with Crippen LogP contribution in [0.2, 0.25) is 15.1 Å². The van der Waals surface area contributed by atoms with Crippen molar-refractivity contribution in [1.29, 1.82) is 0 Å². The Bertz CT molecular complexity index is 639. The zero-order chi connectivity index (χ0) is 14.7. The Hall–Kier alpha value is -1.42. The van der Waals surface area contributed by atoms with E-state index in [1.165, 1.54) is 12.1 Å². The molecule has 0 saturated heterocycles. The van der Waals surface area contributed by atoms with E-state index in [-0.39, 0.29) is 5.75 Å². The maximum absolute atomic E-state index is 11.8. The zero-order valence-electron chi connectivity index (χ0n) is 10.4. The first-order valence-electron chi connectivity index (χ1n) is 5.66. The number of nitrogens with one attached hydrogen (secondary N) is 1. The Labute approximate surface area is 131 Å². The molecule has 0 saturated carbocycles. The van der Waals surface area contributed by atoms with E-state index in [9.17, 15) is 4.79 Å². The highest BCUT2D eigenvalue weighted by Gasteiger charge is 2.09. The van der Waals surface area contributed by atoms with E-state index in [1.54, 1.807) is 31.2 Å². The lowest BCUT2D eigenvalue weighted by Gasteiger charge is -2.10. The van der Waals surface area contributed by atoms with Gasteiger partial charge in [0.25, 0.3) is 0 Å². The third-order valence-electron chi connectivity index (χ3n) is 2.55. The normalized spacial score (nSPS) is 10.2. The van der Waals surface area contributed by atoms with Gasteiger partial charge < -0.3 is 4.74 Å². The van der Waals surface area contributed by atoms with E-state index in [1.807, 2.05) is 0 Å². The third kappa shape index (κ3) is 3.79. The highest BCUT2D eigenvalue weighted by Crippen LogP contribution is 2.26. The second kappa shape index (κ2) is 6.35. The van der Waals surface area contributed by atoms with Gasteiger partial charge in [0.1, 0.15) is 5.75 Å². The van der Waals surface area contributed by atoms with Gasteiger partial charge in [0.05, 0.1) is 0 Å². The SMILES string of the molecule is Cc1c(Cl)cccc1NC(=O)Oc1cc(Cl)cc(Cl)c1.